The van der Waals surface area contributed by atoms with Crippen molar-refractivity contribution in [1.82, 2.24) is 4.57 Å². The summed E-state index contributed by atoms with van der Waals surface area (Å²) in [6, 6.07) is 5.96. The maximum Gasteiger partial charge on any atom is 0.0682 e. The van der Waals surface area contributed by atoms with E-state index in [4.69, 9.17) is 5.11 Å². The molecule has 3 heteroatoms. The van der Waals surface area contributed by atoms with E-state index in [-0.39, 0.29) is 6.61 Å². The summed E-state index contributed by atoms with van der Waals surface area (Å²) in [6.07, 6.45) is 2.02. The van der Waals surface area contributed by atoms with Crippen molar-refractivity contribution in [3.05, 3.63) is 34.4 Å². The van der Waals surface area contributed by atoms with Gasteiger partial charge in [0.2, 0.25) is 0 Å². The largest absolute Gasteiger partial charge is 0.392 e. The van der Waals surface area contributed by atoms with Crippen molar-refractivity contribution < 1.29 is 5.11 Å². The molecule has 68 valence electrons. The van der Waals surface area contributed by atoms with Gasteiger partial charge in [-0.2, -0.15) is 0 Å². The average Bonchev–Trinajstić information content (AvgIpc) is 2.42. The second-order valence-corrected chi connectivity index (χ2v) is 3.95. The lowest BCUT2D eigenvalue weighted by Crippen LogP contribution is -1.85. The van der Waals surface area contributed by atoms with Gasteiger partial charge >= 0.3 is 0 Å². The second kappa shape index (κ2) is 3.16. The number of halogens is 1. The fourth-order valence-electron chi connectivity index (χ4n) is 1.49. The van der Waals surface area contributed by atoms with Crippen LogP contribution in [0.3, 0.4) is 0 Å². The van der Waals surface area contributed by atoms with Crippen LogP contribution in [0.25, 0.3) is 10.9 Å². The Morgan fingerprint density at radius 2 is 2.23 bits per heavy atom. The molecule has 13 heavy (non-hydrogen) atoms. The highest BCUT2D eigenvalue weighted by Crippen LogP contribution is 2.26. The van der Waals surface area contributed by atoms with Gasteiger partial charge in [-0.3, -0.25) is 0 Å². The van der Waals surface area contributed by atoms with Crippen molar-refractivity contribution in [3.8, 4) is 0 Å². The third kappa shape index (κ3) is 1.38. The van der Waals surface area contributed by atoms with E-state index in [1.165, 1.54) is 5.52 Å². The van der Waals surface area contributed by atoms with Gasteiger partial charge in [0.15, 0.2) is 0 Å². The number of aromatic nitrogens is 1. The molecule has 1 N–H and O–H groups in total. The highest BCUT2D eigenvalue weighted by Gasteiger charge is 2.03. The molecule has 1 aromatic heterocycles. The maximum atomic E-state index is 8.97. The van der Waals surface area contributed by atoms with Crippen LogP contribution in [0.1, 0.15) is 5.56 Å². The van der Waals surface area contributed by atoms with Crippen LogP contribution in [-0.2, 0) is 13.7 Å². The molecule has 1 aromatic carbocycles. The summed E-state index contributed by atoms with van der Waals surface area (Å²) in [5.74, 6) is 0. The predicted octanol–water partition coefficient (Wildman–Crippen LogP) is 2.43. The molecule has 2 aromatic rings. The molecule has 0 saturated carbocycles. The van der Waals surface area contributed by atoms with Gasteiger partial charge in [0.25, 0.3) is 0 Å². The molecule has 0 fully saturated rings. The van der Waals surface area contributed by atoms with Crippen molar-refractivity contribution in [3.63, 3.8) is 0 Å². The Hall–Kier alpha value is -0.800. The Balaban J connectivity index is 2.76. The lowest BCUT2D eigenvalue weighted by atomic mass is 10.2. The van der Waals surface area contributed by atoms with E-state index < -0.39 is 0 Å². The normalized spacial score (nSPS) is 11.0. The summed E-state index contributed by atoms with van der Waals surface area (Å²) < 4.78 is 3.13. The van der Waals surface area contributed by atoms with Gasteiger partial charge in [-0.1, -0.05) is 6.07 Å². The fourth-order valence-corrected chi connectivity index (χ4v) is 2.11. The third-order valence-corrected chi connectivity index (χ3v) is 2.82. The molecule has 0 saturated heterocycles. The Morgan fingerprint density at radius 1 is 1.46 bits per heavy atom. The van der Waals surface area contributed by atoms with E-state index in [0.717, 1.165) is 15.4 Å². The summed E-state index contributed by atoms with van der Waals surface area (Å²) in [7, 11) is 2.01. The minimum atomic E-state index is 0.0945. The monoisotopic (exact) mass is 239 g/mol. The molecule has 0 radical (unpaired) electrons. The first-order valence-corrected chi connectivity index (χ1v) is 4.86. The van der Waals surface area contributed by atoms with Gasteiger partial charge in [0.1, 0.15) is 0 Å². The minimum absolute atomic E-state index is 0.0945. The van der Waals surface area contributed by atoms with Gasteiger partial charge in [0, 0.05) is 28.6 Å². The summed E-state index contributed by atoms with van der Waals surface area (Å²) in [5, 5.41) is 10.1. The Morgan fingerprint density at radius 3 is 2.92 bits per heavy atom. The summed E-state index contributed by atoms with van der Waals surface area (Å²) in [4.78, 5) is 0. The molecule has 0 aliphatic rings. The number of hydrogen-bond acceptors (Lipinski definition) is 1. The molecule has 0 aliphatic carbocycles. The molecule has 2 rings (SSSR count). The molecular formula is C10H10BrNO. The van der Waals surface area contributed by atoms with E-state index in [2.05, 4.69) is 20.5 Å². The van der Waals surface area contributed by atoms with Gasteiger partial charge < -0.3 is 9.67 Å². The number of hydrogen-bond donors (Lipinski definition) is 1. The number of rotatable bonds is 1. The molecule has 2 nitrogen and oxygen atoms in total. The van der Waals surface area contributed by atoms with Crippen LogP contribution >= 0.6 is 15.9 Å². The number of benzene rings is 1. The standard InChI is InChI=1S/C10H10BrNO/c1-12-5-9(11)8-4-7(6-13)2-3-10(8)12/h2-5,13H,6H2,1H3. The van der Waals surface area contributed by atoms with Crippen molar-refractivity contribution in [2.24, 2.45) is 7.05 Å². The van der Waals surface area contributed by atoms with Crippen LogP contribution in [0, 0.1) is 0 Å². The van der Waals surface area contributed by atoms with Crippen molar-refractivity contribution >= 4 is 26.8 Å². The molecule has 0 amide bonds. The highest BCUT2D eigenvalue weighted by molar-refractivity contribution is 9.10. The van der Waals surface area contributed by atoms with E-state index in [1.54, 1.807) is 0 Å². The van der Waals surface area contributed by atoms with Crippen LogP contribution in [0.5, 0.6) is 0 Å². The van der Waals surface area contributed by atoms with E-state index in [1.807, 2.05) is 31.4 Å². The number of aryl methyl sites for hydroxylation is 1. The van der Waals surface area contributed by atoms with E-state index in [9.17, 15) is 0 Å². The molecule has 0 spiro atoms. The lowest BCUT2D eigenvalue weighted by molar-refractivity contribution is 0.282. The summed E-state index contributed by atoms with van der Waals surface area (Å²) in [6.45, 7) is 0.0945. The number of aliphatic hydroxyl groups is 1. The fraction of sp³-hybridized carbons (Fsp3) is 0.200. The Bertz CT molecular complexity index is 447. The van der Waals surface area contributed by atoms with Crippen LogP contribution in [0.4, 0.5) is 0 Å². The molecule has 0 bridgehead atoms. The highest BCUT2D eigenvalue weighted by atomic mass is 79.9. The zero-order chi connectivity index (χ0) is 9.42. The quantitative estimate of drug-likeness (QED) is 0.813. The summed E-state index contributed by atoms with van der Waals surface area (Å²) in [5.41, 5.74) is 2.11. The van der Waals surface area contributed by atoms with Gasteiger partial charge in [-0.05, 0) is 33.6 Å². The van der Waals surface area contributed by atoms with Gasteiger partial charge in [-0.25, -0.2) is 0 Å². The molecule has 0 unspecified atom stereocenters. The summed E-state index contributed by atoms with van der Waals surface area (Å²) >= 11 is 3.48. The average molecular weight is 240 g/mol. The van der Waals surface area contributed by atoms with Crippen LogP contribution < -0.4 is 0 Å². The smallest absolute Gasteiger partial charge is 0.0682 e. The SMILES string of the molecule is Cn1cc(Br)c2cc(CO)ccc21. The second-order valence-electron chi connectivity index (χ2n) is 3.10. The van der Waals surface area contributed by atoms with Crippen LogP contribution in [0.2, 0.25) is 0 Å². The maximum absolute atomic E-state index is 8.97. The van der Waals surface area contributed by atoms with Crippen molar-refractivity contribution in [2.75, 3.05) is 0 Å². The molecular weight excluding hydrogens is 230 g/mol. The van der Waals surface area contributed by atoms with Gasteiger partial charge in [-0.15, -0.1) is 0 Å². The zero-order valence-corrected chi connectivity index (χ0v) is 8.87. The van der Waals surface area contributed by atoms with Crippen LogP contribution in [-0.4, -0.2) is 9.67 Å². The first-order valence-electron chi connectivity index (χ1n) is 4.06. The third-order valence-electron chi connectivity index (χ3n) is 2.19. The first-order chi connectivity index (χ1) is 6.22. The topological polar surface area (TPSA) is 25.2 Å². The van der Waals surface area contributed by atoms with Crippen LogP contribution in [0.15, 0.2) is 28.9 Å². The van der Waals surface area contributed by atoms with E-state index >= 15 is 0 Å². The predicted molar refractivity (Wildman–Crippen MR) is 56.5 cm³/mol. The number of aliphatic hydroxyl groups excluding tert-OH is 1. The van der Waals surface area contributed by atoms with Gasteiger partial charge in [0.05, 0.1) is 6.61 Å². The Kier molecular flexibility index (Phi) is 2.14. The van der Waals surface area contributed by atoms with E-state index in [0.29, 0.717) is 0 Å². The molecule has 0 atom stereocenters. The molecule has 0 aliphatic heterocycles. The first kappa shape index (κ1) is 8.78. The van der Waals surface area contributed by atoms with Crippen molar-refractivity contribution in [1.29, 1.82) is 0 Å². The molecule has 1 heterocycles. The Labute approximate surface area is 84.9 Å². The van der Waals surface area contributed by atoms with Crippen molar-refractivity contribution in [2.45, 2.75) is 6.61 Å². The minimum Gasteiger partial charge on any atom is -0.392 e. The number of nitrogens with zero attached hydrogens (tertiary/aromatic N) is 1. The number of fused-ring (bicyclic) bond motifs is 1. The lowest BCUT2D eigenvalue weighted by Gasteiger charge is -1.98. The zero-order valence-electron chi connectivity index (χ0n) is 7.29.